The first-order valence-corrected chi connectivity index (χ1v) is 9.25. The molecule has 156 valence electrons. The maximum absolute atomic E-state index is 11.9. The van der Waals surface area contributed by atoms with Crippen molar-refractivity contribution in [1.82, 2.24) is 20.8 Å². The summed E-state index contributed by atoms with van der Waals surface area (Å²) in [4.78, 5) is 28.2. The van der Waals surface area contributed by atoms with Crippen LogP contribution in [0.1, 0.15) is 16.2 Å². The maximum Gasteiger partial charge on any atom is 0.251 e. The Morgan fingerprint density at radius 1 is 1.00 bits per heavy atom. The van der Waals surface area contributed by atoms with Crippen LogP contribution in [-0.4, -0.2) is 49.3 Å². The number of amides is 2. The Morgan fingerprint density at radius 2 is 1.77 bits per heavy atom. The van der Waals surface area contributed by atoms with Gasteiger partial charge in [-0.3, -0.25) is 9.59 Å². The second-order valence-electron chi connectivity index (χ2n) is 6.23. The summed E-state index contributed by atoms with van der Waals surface area (Å²) in [5, 5.41) is 9.23. The van der Waals surface area contributed by atoms with Crippen LogP contribution in [0, 0.1) is 0 Å². The van der Waals surface area contributed by atoms with E-state index >= 15 is 0 Å². The molecular formula is C21H22N4O5. The third kappa shape index (κ3) is 5.34. The molecule has 0 fully saturated rings. The molecule has 0 spiro atoms. The highest BCUT2D eigenvalue weighted by Crippen LogP contribution is 2.31. The molecule has 9 heteroatoms. The zero-order chi connectivity index (χ0) is 21.3. The van der Waals surface area contributed by atoms with E-state index in [4.69, 9.17) is 14.0 Å². The van der Waals surface area contributed by atoms with Gasteiger partial charge in [-0.1, -0.05) is 23.4 Å². The van der Waals surface area contributed by atoms with Crippen LogP contribution in [0.25, 0.3) is 11.4 Å². The number of methoxy groups -OCH3 is 2. The second kappa shape index (κ2) is 10.1. The lowest BCUT2D eigenvalue weighted by molar-refractivity contribution is -0.120. The average Bonchev–Trinajstić information content (AvgIpc) is 3.26. The predicted octanol–water partition coefficient (Wildman–Crippen LogP) is 1.84. The van der Waals surface area contributed by atoms with Crippen LogP contribution in [0.2, 0.25) is 0 Å². The van der Waals surface area contributed by atoms with E-state index in [0.717, 1.165) is 5.56 Å². The normalized spacial score (nSPS) is 10.3. The van der Waals surface area contributed by atoms with Gasteiger partial charge in [0.2, 0.25) is 17.6 Å². The van der Waals surface area contributed by atoms with Crippen LogP contribution >= 0.6 is 0 Å². The van der Waals surface area contributed by atoms with E-state index in [1.165, 1.54) is 0 Å². The number of carbonyl (C=O) groups is 2. The summed E-state index contributed by atoms with van der Waals surface area (Å²) in [5.74, 6) is 1.35. The minimum atomic E-state index is -0.307. The highest BCUT2D eigenvalue weighted by Gasteiger charge is 2.13. The molecule has 2 amide bonds. The molecule has 2 aromatic carbocycles. The van der Waals surface area contributed by atoms with Crippen molar-refractivity contribution in [3.63, 3.8) is 0 Å². The number of benzene rings is 2. The molecule has 0 aliphatic carbocycles. The Kier molecular flexibility index (Phi) is 6.99. The van der Waals surface area contributed by atoms with Gasteiger partial charge in [0.05, 0.1) is 20.8 Å². The monoisotopic (exact) mass is 410 g/mol. The molecule has 9 nitrogen and oxygen atoms in total. The second-order valence-corrected chi connectivity index (χ2v) is 6.23. The Labute approximate surface area is 173 Å². The van der Waals surface area contributed by atoms with E-state index in [1.54, 1.807) is 56.7 Å². The van der Waals surface area contributed by atoms with Gasteiger partial charge >= 0.3 is 0 Å². The van der Waals surface area contributed by atoms with Gasteiger partial charge in [0.15, 0.2) is 11.5 Å². The molecular weight excluding hydrogens is 388 g/mol. The Hall–Kier alpha value is -3.88. The molecule has 1 aromatic heterocycles. The fourth-order valence-corrected chi connectivity index (χ4v) is 2.67. The molecule has 3 aromatic rings. The summed E-state index contributed by atoms with van der Waals surface area (Å²) in [6, 6.07) is 14.0. The zero-order valence-corrected chi connectivity index (χ0v) is 16.7. The third-order valence-corrected chi connectivity index (χ3v) is 4.22. The van der Waals surface area contributed by atoms with Crippen molar-refractivity contribution >= 4 is 11.8 Å². The summed E-state index contributed by atoms with van der Waals surface area (Å²) >= 11 is 0. The van der Waals surface area contributed by atoms with Crippen molar-refractivity contribution < 1.29 is 23.6 Å². The summed E-state index contributed by atoms with van der Waals surface area (Å²) in [6.07, 6.45) is 0.360. The molecule has 0 aliphatic rings. The molecule has 0 unspecified atom stereocenters. The van der Waals surface area contributed by atoms with Crippen molar-refractivity contribution in [2.24, 2.45) is 0 Å². The van der Waals surface area contributed by atoms with E-state index in [0.29, 0.717) is 41.7 Å². The number of nitrogens with zero attached hydrogens (tertiary/aromatic N) is 2. The first kappa shape index (κ1) is 20.8. The molecule has 0 bridgehead atoms. The van der Waals surface area contributed by atoms with Crippen LogP contribution in [-0.2, 0) is 11.2 Å². The van der Waals surface area contributed by atoms with Crippen LogP contribution in [0.3, 0.4) is 0 Å². The van der Waals surface area contributed by atoms with E-state index < -0.39 is 0 Å². The van der Waals surface area contributed by atoms with Gasteiger partial charge in [-0.2, -0.15) is 4.98 Å². The molecule has 3 rings (SSSR count). The summed E-state index contributed by atoms with van der Waals surface area (Å²) in [6.45, 7) is 0.183. The van der Waals surface area contributed by atoms with Crippen LogP contribution in [0.15, 0.2) is 53.1 Å². The van der Waals surface area contributed by atoms with Gasteiger partial charge in [0.1, 0.15) is 0 Å². The standard InChI is InChI=1S/C21H22N4O5/c1-28-16-9-8-15(12-17(16)29-2)20-24-19(30-25-20)10-11-22-18(26)13-23-21(27)14-6-4-3-5-7-14/h3-9,12H,10-11,13H2,1-2H3,(H,22,26)(H,23,27). The smallest absolute Gasteiger partial charge is 0.251 e. The number of rotatable bonds is 9. The van der Waals surface area contributed by atoms with E-state index in [9.17, 15) is 9.59 Å². The Bertz CT molecular complexity index is 1000. The average molecular weight is 410 g/mol. The zero-order valence-electron chi connectivity index (χ0n) is 16.7. The van der Waals surface area contributed by atoms with Gasteiger partial charge in [-0.25, -0.2) is 0 Å². The fraction of sp³-hybridized carbons (Fsp3) is 0.238. The highest BCUT2D eigenvalue weighted by atomic mass is 16.5. The molecule has 2 N–H and O–H groups in total. The Morgan fingerprint density at radius 3 is 2.50 bits per heavy atom. The molecule has 30 heavy (non-hydrogen) atoms. The first-order valence-electron chi connectivity index (χ1n) is 9.25. The number of aromatic nitrogens is 2. The topological polar surface area (TPSA) is 116 Å². The maximum atomic E-state index is 11.9. The molecule has 0 aliphatic heterocycles. The highest BCUT2D eigenvalue weighted by molar-refractivity contribution is 5.96. The van der Waals surface area contributed by atoms with Gasteiger partial charge in [-0.15, -0.1) is 0 Å². The quantitative estimate of drug-likeness (QED) is 0.553. The number of carbonyl (C=O) groups excluding carboxylic acids is 2. The van der Waals surface area contributed by atoms with Crippen LogP contribution in [0.4, 0.5) is 0 Å². The summed E-state index contributed by atoms with van der Waals surface area (Å²) in [5.41, 5.74) is 1.22. The van der Waals surface area contributed by atoms with Crippen molar-refractivity contribution in [3.05, 3.63) is 60.0 Å². The SMILES string of the molecule is COc1ccc(-c2noc(CCNC(=O)CNC(=O)c3ccccc3)n2)cc1OC. The lowest BCUT2D eigenvalue weighted by Gasteiger charge is -2.07. The van der Waals surface area contributed by atoms with Crippen molar-refractivity contribution in [3.8, 4) is 22.9 Å². The lowest BCUT2D eigenvalue weighted by atomic mass is 10.2. The van der Waals surface area contributed by atoms with Gasteiger partial charge in [-0.05, 0) is 30.3 Å². The summed E-state index contributed by atoms with van der Waals surface area (Å²) in [7, 11) is 3.11. The van der Waals surface area contributed by atoms with Crippen LogP contribution in [0.5, 0.6) is 11.5 Å². The molecule has 0 radical (unpaired) electrons. The van der Waals surface area contributed by atoms with Crippen LogP contribution < -0.4 is 20.1 Å². The minimum absolute atomic E-state index is 0.117. The number of nitrogens with one attached hydrogen (secondary N) is 2. The minimum Gasteiger partial charge on any atom is -0.493 e. The van der Waals surface area contributed by atoms with Gasteiger partial charge in [0, 0.05) is 24.1 Å². The Balaban J connectivity index is 1.46. The van der Waals surface area contributed by atoms with Gasteiger partial charge in [0.25, 0.3) is 5.91 Å². The number of hydrogen-bond donors (Lipinski definition) is 2. The molecule has 0 saturated heterocycles. The van der Waals surface area contributed by atoms with E-state index in [1.807, 2.05) is 6.07 Å². The number of ether oxygens (including phenoxy) is 2. The van der Waals surface area contributed by atoms with Crippen molar-refractivity contribution in [1.29, 1.82) is 0 Å². The third-order valence-electron chi connectivity index (χ3n) is 4.22. The van der Waals surface area contributed by atoms with E-state index in [2.05, 4.69) is 20.8 Å². The summed E-state index contributed by atoms with van der Waals surface area (Å²) < 4.78 is 15.7. The molecule has 0 saturated carbocycles. The van der Waals surface area contributed by atoms with Crippen molar-refractivity contribution in [2.75, 3.05) is 27.3 Å². The lowest BCUT2D eigenvalue weighted by Crippen LogP contribution is -2.37. The van der Waals surface area contributed by atoms with Crippen molar-refractivity contribution in [2.45, 2.75) is 6.42 Å². The molecule has 0 atom stereocenters. The van der Waals surface area contributed by atoms with E-state index in [-0.39, 0.29) is 18.4 Å². The molecule has 1 heterocycles. The van der Waals surface area contributed by atoms with Gasteiger partial charge < -0.3 is 24.6 Å². The fourth-order valence-electron chi connectivity index (χ4n) is 2.67. The first-order chi connectivity index (χ1) is 14.6. The predicted molar refractivity (Wildman–Crippen MR) is 108 cm³/mol. The largest absolute Gasteiger partial charge is 0.493 e. The number of hydrogen-bond acceptors (Lipinski definition) is 7.